The lowest BCUT2D eigenvalue weighted by Gasteiger charge is -2.15. The van der Waals surface area contributed by atoms with Gasteiger partial charge in [-0.2, -0.15) is 0 Å². The lowest BCUT2D eigenvalue weighted by atomic mass is 10.1. The predicted octanol–water partition coefficient (Wildman–Crippen LogP) is 3.80. The predicted molar refractivity (Wildman–Crippen MR) is 72.5 cm³/mol. The van der Waals surface area contributed by atoms with Crippen LogP contribution >= 0.6 is 11.3 Å². The zero-order valence-corrected chi connectivity index (χ0v) is 11.2. The van der Waals surface area contributed by atoms with Crippen LogP contribution in [0.25, 0.3) is 0 Å². The van der Waals surface area contributed by atoms with Crippen LogP contribution in [-0.2, 0) is 12.8 Å². The van der Waals surface area contributed by atoms with E-state index in [0.717, 1.165) is 19.4 Å². The topological polar surface area (TPSA) is 25.2 Å². The van der Waals surface area contributed by atoms with Crippen LogP contribution in [0.2, 0.25) is 0 Å². The highest BCUT2D eigenvalue weighted by Gasteiger charge is 2.13. The molecule has 0 aliphatic rings. The standard InChI is InChI=1S/C14H19NOS/c1-3-12-5-6-13(17-12)9-14(15-4-2)11-7-8-16-10-11/h5-8,10,14-15H,3-4,9H2,1-2H3. The molecule has 92 valence electrons. The Morgan fingerprint density at radius 1 is 1.24 bits per heavy atom. The quantitative estimate of drug-likeness (QED) is 0.842. The van der Waals surface area contributed by atoms with Crippen molar-refractivity contribution in [2.24, 2.45) is 0 Å². The van der Waals surface area contributed by atoms with Gasteiger partial charge in [0.2, 0.25) is 0 Å². The molecule has 0 aliphatic carbocycles. The zero-order valence-electron chi connectivity index (χ0n) is 10.4. The van der Waals surface area contributed by atoms with Crippen LogP contribution in [0.3, 0.4) is 0 Å². The van der Waals surface area contributed by atoms with Crippen LogP contribution in [0.4, 0.5) is 0 Å². The van der Waals surface area contributed by atoms with Crippen molar-refractivity contribution in [2.75, 3.05) is 6.54 Å². The molecule has 1 N–H and O–H groups in total. The molecule has 2 nitrogen and oxygen atoms in total. The minimum Gasteiger partial charge on any atom is -0.472 e. The van der Waals surface area contributed by atoms with E-state index in [2.05, 4.69) is 31.3 Å². The summed E-state index contributed by atoms with van der Waals surface area (Å²) >= 11 is 1.91. The van der Waals surface area contributed by atoms with Crippen molar-refractivity contribution in [1.82, 2.24) is 5.32 Å². The first-order valence-corrected chi connectivity index (χ1v) is 6.98. The van der Waals surface area contributed by atoms with Crippen molar-refractivity contribution in [1.29, 1.82) is 0 Å². The smallest absolute Gasteiger partial charge is 0.0950 e. The van der Waals surface area contributed by atoms with Crippen LogP contribution in [-0.4, -0.2) is 6.54 Å². The Morgan fingerprint density at radius 3 is 2.65 bits per heavy atom. The molecule has 0 saturated heterocycles. The maximum atomic E-state index is 5.17. The van der Waals surface area contributed by atoms with Gasteiger partial charge in [-0.15, -0.1) is 11.3 Å². The fourth-order valence-corrected chi connectivity index (χ4v) is 2.95. The molecule has 0 aromatic carbocycles. The average Bonchev–Trinajstić information content (AvgIpc) is 2.99. The van der Waals surface area contributed by atoms with Gasteiger partial charge in [0.1, 0.15) is 0 Å². The highest BCUT2D eigenvalue weighted by atomic mass is 32.1. The summed E-state index contributed by atoms with van der Waals surface area (Å²) in [6.07, 6.45) is 5.74. The second-order valence-corrected chi connectivity index (χ2v) is 5.35. The van der Waals surface area contributed by atoms with E-state index in [1.54, 1.807) is 6.26 Å². The highest BCUT2D eigenvalue weighted by Crippen LogP contribution is 2.24. The number of hydrogen-bond acceptors (Lipinski definition) is 3. The van der Waals surface area contributed by atoms with Crippen LogP contribution in [0.5, 0.6) is 0 Å². The van der Waals surface area contributed by atoms with Gasteiger partial charge in [0, 0.05) is 27.8 Å². The lowest BCUT2D eigenvalue weighted by molar-refractivity contribution is 0.527. The molecule has 0 bridgehead atoms. The van der Waals surface area contributed by atoms with Crippen LogP contribution in [0.1, 0.15) is 35.2 Å². The molecule has 0 amide bonds. The Bertz CT molecular complexity index is 433. The van der Waals surface area contributed by atoms with E-state index in [1.807, 2.05) is 23.7 Å². The van der Waals surface area contributed by atoms with Gasteiger partial charge in [-0.1, -0.05) is 13.8 Å². The first-order valence-electron chi connectivity index (χ1n) is 6.16. The maximum Gasteiger partial charge on any atom is 0.0950 e. The number of hydrogen-bond donors (Lipinski definition) is 1. The number of aryl methyl sites for hydroxylation is 1. The maximum absolute atomic E-state index is 5.17. The second kappa shape index (κ2) is 6.03. The van der Waals surface area contributed by atoms with Crippen molar-refractivity contribution in [3.05, 3.63) is 46.0 Å². The number of rotatable bonds is 6. The van der Waals surface area contributed by atoms with Crippen LogP contribution < -0.4 is 5.32 Å². The van der Waals surface area contributed by atoms with Crippen molar-refractivity contribution in [3.63, 3.8) is 0 Å². The molecule has 2 aromatic heterocycles. The SMILES string of the molecule is CCNC(Cc1ccc(CC)s1)c1ccoc1. The van der Waals surface area contributed by atoms with Gasteiger partial charge in [0.15, 0.2) is 0 Å². The van der Waals surface area contributed by atoms with E-state index >= 15 is 0 Å². The summed E-state index contributed by atoms with van der Waals surface area (Å²) < 4.78 is 5.17. The molecular formula is C14H19NOS. The number of furan rings is 1. The molecule has 0 saturated carbocycles. The molecule has 2 rings (SSSR count). The third-order valence-corrected chi connectivity index (χ3v) is 4.12. The van der Waals surface area contributed by atoms with Gasteiger partial charge in [0.05, 0.1) is 12.5 Å². The lowest BCUT2D eigenvalue weighted by Crippen LogP contribution is -2.22. The molecule has 2 heterocycles. The Balaban J connectivity index is 2.07. The summed E-state index contributed by atoms with van der Waals surface area (Å²) in [6, 6.07) is 6.88. The van der Waals surface area contributed by atoms with Crippen molar-refractivity contribution in [3.8, 4) is 0 Å². The molecule has 0 spiro atoms. The normalized spacial score (nSPS) is 12.8. The molecule has 3 heteroatoms. The Hall–Kier alpha value is -1.06. The first kappa shape index (κ1) is 12.4. The van der Waals surface area contributed by atoms with E-state index < -0.39 is 0 Å². The summed E-state index contributed by atoms with van der Waals surface area (Å²) in [5, 5.41) is 3.51. The molecule has 17 heavy (non-hydrogen) atoms. The van der Waals surface area contributed by atoms with Gasteiger partial charge < -0.3 is 9.73 Å². The fraction of sp³-hybridized carbons (Fsp3) is 0.429. The van der Waals surface area contributed by atoms with Crippen molar-refractivity contribution >= 4 is 11.3 Å². The zero-order chi connectivity index (χ0) is 12.1. The molecule has 2 aromatic rings. The van der Waals surface area contributed by atoms with Gasteiger partial charge in [-0.25, -0.2) is 0 Å². The Morgan fingerprint density at radius 2 is 2.06 bits per heavy atom. The monoisotopic (exact) mass is 249 g/mol. The van der Waals surface area contributed by atoms with Crippen LogP contribution in [0, 0.1) is 0 Å². The summed E-state index contributed by atoms with van der Waals surface area (Å²) in [4.78, 5) is 2.90. The largest absolute Gasteiger partial charge is 0.472 e. The van der Waals surface area contributed by atoms with Gasteiger partial charge in [0.25, 0.3) is 0 Å². The van der Waals surface area contributed by atoms with E-state index in [4.69, 9.17) is 4.42 Å². The molecule has 1 unspecified atom stereocenters. The summed E-state index contributed by atoms with van der Waals surface area (Å²) in [6.45, 7) is 5.31. The molecular weight excluding hydrogens is 230 g/mol. The Labute approximate surface area is 107 Å². The molecule has 0 radical (unpaired) electrons. The summed E-state index contributed by atoms with van der Waals surface area (Å²) in [5.41, 5.74) is 1.23. The van der Waals surface area contributed by atoms with Gasteiger partial charge in [-0.05, 0) is 31.2 Å². The van der Waals surface area contributed by atoms with Gasteiger partial charge in [-0.3, -0.25) is 0 Å². The van der Waals surface area contributed by atoms with Gasteiger partial charge >= 0.3 is 0 Å². The van der Waals surface area contributed by atoms with E-state index in [-0.39, 0.29) is 0 Å². The van der Waals surface area contributed by atoms with Crippen molar-refractivity contribution < 1.29 is 4.42 Å². The van der Waals surface area contributed by atoms with E-state index in [1.165, 1.54) is 15.3 Å². The number of thiophene rings is 1. The van der Waals surface area contributed by atoms with E-state index in [0.29, 0.717) is 6.04 Å². The molecule has 0 aliphatic heterocycles. The summed E-state index contributed by atoms with van der Waals surface area (Å²) in [7, 11) is 0. The number of nitrogens with one attached hydrogen (secondary N) is 1. The Kier molecular flexibility index (Phi) is 4.40. The van der Waals surface area contributed by atoms with E-state index in [9.17, 15) is 0 Å². The fourth-order valence-electron chi connectivity index (χ4n) is 1.95. The number of likely N-dealkylation sites (N-methyl/N-ethyl adjacent to an activating group) is 1. The minimum atomic E-state index is 0.363. The summed E-state index contributed by atoms with van der Waals surface area (Å²) in [5.74, 6) is 0. The minimum absolute atomic E-state index is 0.363. The third-order valence-electron chi connectivity index (χ3n) is 2.87. The third kappa shape index (κ3) is 3.20. The molecule has 0 fully saturated rings. The second-order valence-electron chi connectivity index (χ2n) is 4.09. The van der Waals surface area contributed by atoms with Crippen LogP contribution in [0.15, 0.2) is 35.1 Å². The highest BCUT2D eigenvalue weighted by molar-refractivity contribution is 7.11. The van der Waals surface area contributed by atoms with Crippen molar-refractivity contribution in [2.45, 2.75) is 32.7 Å². The first-order chi connectivity index (χ1) is 8.33. The average molecular weight is 249 g/mol. The molecule has 1 atom stereocenters.